The number of ether oxygens (including phenoxy) is 1. The van der Waals surface area contributed by atoms with E-state index in [1.54, 1.807) is 13.8 Å². The SMILES string of the molecule is CCC(O)(CC)C(=O)C[C@H]1Cc2ccc3c(c2)C2(c4ccccc4N[C@H]2O3)c2oc(nc2-c2nc(CO)co2)[C@H](C(C)(C)C)NC1=O. The first-order valence-electron chi connectivity index (χ1n) is 16.2. The number of benzene rings is 2. The molecule has 4 atom stereocenters. The predicted molar refractivity (Wildman–Crippen MR) is 171 cm³/mol. The van der Waals surface area contributed by atoms with Crippen LogP contribution in [-0.2, 0) is 28.0 Å². The first-order chi connectivity index (χ1) is 22.4. The van der Waals surface area contributed by atoms with Gasteiger partial charge >= 0.3 is 0 Å². The molecule has 2 aromatic carbocycles. The van der Waals surface area contributed by atoms with Crippen LogP contribution in [0.4, 0.5) is 5.69 Å². The summed E-state index contributed by atoms with van der Waals surface area (Å²) < 4.78 is 19.3. The van der Waals surface area contributed by atoms with Gasteiger partial charge in [0, 0.05) is 23.6 Å². The van der Waals surface area contributed by atoms with Crippen LogP contribution in [-0.4, -0.2) is 43.7 Å². The molecule has 0 saturated heterocycles. The lowest BCUT2D eigenvalue weighted by Gasteiger charge is -2.32. The Hall–Kier alpha value is -4.48. The number of ketones is 1. The van der Waals surface area contributed by atoms with Crippen LogP contribution in [0.25, 0.3) is 11.6 Å². The molecule has 0 aliphatic carbocycles. The normalized spacial score (nSPS) is 23.1. The molecule has 4 aromatic rings. The lowest BCUT2D eigenvalue weighted by Crippen LogP contribution is -2.44. The maximum Gasteiger partial charge on any atom is 0.249 e. The highest BCUT2D eigenvalue weighted by Crippen LogP contribution is 2.59. The topological polar surface area (TPSA) is 160 Å². The third-order valence-corrected chi connectivity index (χ3v) is 10.0. The highest BCUT2D eigenvalue weighted by molar-refractivity contribution is 5.92. The Morgan fingerprint density at radius 2 is 1.83 bits per heavy atom. The second-order valence-electron chi connectivity index (χ2n) is 13.9. The van der Waals surface area contributed by atoms with E-state index in [1.807, 2.05) is 63.2 Å². The molecular formula is C36H40N4O7. The van der Waals surface area contributed by atoms with Crippen molar-refractivity contribution in [3.63, 3.8) is 0 Å². The number of hydrogen-bond donors (Lipinski definition) is 4. The van der Waals surface area contributed by atoms with E-state index >= 15 is 0 Å². The second kappa shape index (κ2) is 11.1. The fraction of sp³-hybridized carbons (Fsp3) is 0.444. The summed E-state index contributed by atoms with van der Waals surface area (Å²) in [5.41, 5.74) is 0.971. The van der Waals surface area contributed by atoms with E-state index in [2.05, 4.69) is 15.6 Å². The van der Waals surface area contributed by atoms with Gasteiger partial charge in [0.05, 0.1) is 6.61 Å². The molecule has 3 aliphatic heterocycles. The van der Waals surface area contributed by atoms with Gasteiger partial charge in [0.25, 0.3) is 0 Å². The van der Waals surface area contributed by atoms with Gasteiger partial charge in [-0.15, -0.1) is 0 Å². The van der Waals surface area contributed by atoms with Crippen molar-refractivity contribution in [3.05, 3.63) is 82.8 Å². The van der Waals surface area contributed by atoms with Gasteiger partial charge in [-0.05, 0) is 47.9 Å². The van der Waals surface area contributed by atoms with Crippen molar-refractivity contribution in [1.82, 2.24) is 15.3 Å². The number of carbonyl (C=O) groups is 2. The van der Waals surface area contributed by atoms with Crippen LogP contribution in [0.15, 0.2) is 57.6 Å². The summed E-state index contributed by atoms with van der Waals surface area (Å²) >= 11 is 0. The molecule has 3 aliphatic rings. The Balaban J connectivity index is 1.49. The summed E-state index contributed by atoms with van der Waals surface area (Å²) in [6.45, 7) is 9.16. The predicted octanol–water partition coefficient (Wildman–Crippen LogP) is 5.19. The molecule has 1 amide bonds. The van der Waals surface area contributed by atoms with Gasteiger partial charge in [-0.3, -0.25) is 9.59 Å². The van der Waals surface area contributed by atoms with Crippen molar-refractivity contribution in [2.75, 3.05) is 5.32 Å². The number of aliphatic hydroxyl groups excluding tert-OH is 1. The molecule has 4 N–H and O–H groups in total. The average molecular weight is 641 g/mol. The molecule has 0 saturated carbocycles. The van der Waals surface area contributed by atoms with Gasteiger partial charge in [-0.25, -0.2) is 9.97 Å². The number of carbonyl (C=O) groups excluding carboxylic acids is 2. The highest BCUT2D eigenvalue weighted by Gasteiger charge is 2.61. The number of nitrogens with one attached hydrogen (secondary N) is 2. The monoisotopic (exact) mass is 640 g/mol. The fourth-order valence-corrected chi connectivity index (χ4v) is 7.22. The molecule has 2 aromatic heterocycles. The molecule has 11 nitrogen and oxygen atoms in total. The molecule has 0 radical (unpaired) electrons. The van der Waals surface area contributed by atoms with Crippen LogP contribution < -0.4 is 15.4 Å². The number of hydrogen-bond acceptors (Lipinski definition) is 10. The number of fused-ring (bicyclic) bond motifs is 4. The number of oxazole rings is 2. The quantitative estimate of drug-likeness (QED) is 0.212. The Labute approximate surface area is 272 Å². The van der Waals surface area contributed by atoms with Crippen molar-refractivity contribution in [2.24, 2.45) is 11.3 Å². The van der Waals surface area contributed by atoms with Gasteiger partial charge < -0.3 is 34.4 Å². The highest BCUT2D eigenvalue weighted by atomic mass is 16.5. The van der Waals surface area contributed by atoms with Crippen LogP contribution in [0.3, 0.4) is 0 Å². The minimum atomic E-state index is -1.51. The summed E-state index contributed by atoms with van der Waals surface area (Å²) in [5, 5.41) is 27.6. The lowest BCUT2D eigenvalue weighted by atomic mass is 9.72. The van der Waals surface area contributed by atoms with Gasteiger partial charge in [0.1, 0.15) is 34.8 Å². The number of amides is 1. The molecule has 0 fully saturated rings. The van der Waals surface area contributed by atoms with Crippen LogP contribution in [0.2, 0.25) is 0 Å². The van der Waals surface area contributed by atoms with Crippen LogP contribution in [0.1, 0.15) is 94.0 Å². The minimum Gasteiger partial charge on any atom is -0.469 e. The Morgan fingerprint density at radius 1 is 1.06 bits per heavy atom. The number of aliphatic hydroxyl groups is 2. The molecule has 1 spiro atoms. The van der Waals surface area contributed by atoms with E-state index in [0.29, 0.717) is 22.9 Å². The maximum absolute atomic E-state index is 14.2. The van der Waals surface area contributed by atoms with Crippen molar-refractivity contribution in [1.29, 1.82) is 0 Å². The summed E-state index contributed by atoms with van der Waals surface area (Å²) in [4.78, 5) is 37.2. The van der Waals surface area contributed by atoms with Crippen LogP contribution in [0.5, 0.6) is 5.75 Å². The number of nitrogens with zero attached hydrogens (tertiary/aromatic N) is 2. The Bertz CT molecular complexity index is 1870. The first kappa shape index (κ1) is 31.1. The number of rotatable bonds is 7. The van der Waals surface area contributed by atoms with Gasteiger partial charge in [-0.2, -0.15) is 0 Å². The van der Waals surface area contributed by atoms with Crippen LogP contribution in [0, 0.1) is 11.3 Å². The van der Waals surface area contributed by atoms with Crippen molar-refractivity contribution in [3.8, 4) is 17.3 Å². The van der Waals surface area contributed by atoms with Gasteiger partial charge in [0.15, 0.2) is 23.5 Å². The largest absolute Gasteiger partial charge is 0.469 e. The number of Topliss-reactive ketones (excluding diaryl/α,β-unsaturated/α-hetero) is 1. The minimum absolute atomic E-state index is 0.130. The fourth-order valence-electron chi connectivity index (χ4n) is 7.22. The molecule has 7 rings (SSSR count). The van der Waals surface area contributed by atoms with E-state index in [0.717, 1.165) is 22.4 Å². The number of para-hydroxylation sites is 1. The van der Waals surface area contributed by atoms with Crippen LogP contribution >= 0.6 is 0 Å². The van der Waals surface area contributed by atoms with Crippen molar-refractivity contribution in [2.45, 2.75) is 90.2 Å². The number of anilines is 1. The summed E-state index contributed by atoms with van der Waals surface area (Å²) in [6, 6.07) is 13.0. The maximum atomic E-state index is 14.2. The molecule has 4 bridgehead atoms. The Morgan fingerprint density at radius 3 is 2.53 bits per heavy atom. The lowest BCUT2D eigenvalue weighted by molar-refractivity contribution is -0.142. The molecule has 5 heterocycles. The van der Waals surface area contributed by atoms with Gasteiger partial charge in [0.2, 0.25) is 17.7 Å². The van der Waals surface area contributed by atoms with E-state index in [9.17, 15) is 19.8 Å². The third-order valence-electron chi connectivity index (χ3n) is 10.0. The smallest absolute Gasteiger partial charge is 0.249 e. The summed E-state index contributed by atoms with van der Waals surface area (Å²) in [6.07, 6.45) is 1.43. The molecular weight excluding hydrogens is 600 g/mol. The van der Waals surface area contributed by atoms with E-state index < -0.39 is 34.6 Å². The molecule has 11 heteroatoms. The standard InChI is InChI=1S/C36H40N4O7/c1-6-35(44,7-2)26(42)16-20-14-19-12-13-25-23(15-19)36(22-10-8-9-11-24(22)38-33(36)46-25)29-27(31-37-21(17-41)18-45-31)39-32(47-29)28(34(3,4)5)40-30(20)43/h8-13,15,18,20,28,33,38,41,44H,6-7,14,16-17H2,1-5H3,(H,40,43)/t20-,28-,33+,36?/m1/s1. The molecule has 47 heavy (non-hydrogen) atoms. The molecule has 1 unspecified atom stereocenters. The summed E-state index contributed by atoms with van der Waals surface area (Å²) in [7, 11) is 0. The zero-order valence-corrected chi connectivity index (χ0v) is 27.2. The average Bonchev–Trinajstić information content (AvgIpc) is 3.82. The second-order valence-corrected chi connectivity index (χ2v) is 13.9. The van der Waals surface area contributed by atoms with Crippen molar-refractivity contribution >= 4 is 17.4 Å². The van der Waals surface area contributed by atoms with E-state index in [4.69, 9.17) is 18.6 Å². The number of aromatic nitrogens is 2. The molecule has 246 valence electrons. The van der Waals surface area contributed by atoms with Gasteiger partial charge in [-0.1, -0.05) is 65.0 Å². The zero-order valence-electron chi connectivity index (χ0n) is 27.2. The zero-order chi connectivity index (χ0) is 33.3. The van der Waals surface area contributed by atoms with E-state index in [-0.39, 0.29) is 55.8 Å². The summed E-state index contributed by atoms with van der Waals surface area (Å²) in [5.74, 6) is 0.00458. The Kier molecular flexibility index (Phi) is 7.32. The first-order valence-corrected chi connectivity index (χ1v) is 16.2. The van der Waals surface area contributed by atoms with E-state index in [1.165, 1.54) is 6.26 Å². The van der Waals surface area contributed by atoms with Crippen molar-refractivity contribution < 1.29 is 33.4 Å². The third kappa shape index (κ3) is 4.78.